The molecule has 5 rings (SSSR count). The molecule has 0 aliphatic carbocycles. The first-order chi connectivity index (χ1) is 15.3. The van der Waals surface area contributed by atoms with Crippen LogP contribution in [0.2, 0.25) is 0 Å². The SMILES string of the molecule is CC(C)(C)c1ccc(C2=[N+](Cc3ccc(F)c(F)c3)CCc3cc4c(cc32)OCO4)cc1. The molecule has 0 atom stereocenters. The molecule has 0 spiro atoms. The van der Waals surface area contributed by atoms with Crippen LogP contribution in [0.4, 0.5) is 8.78 Å². The van der Waals surface area contributed by atoms with Crippen LogP contribution in [-0.4, -0.2) is 23.6 Å². The number of nitrogens with zero attached hydrogens (tertiary/aromatic N) is 1. The fraction of sp³-hybridized carbons (Fsp3) is 0.296. The van der Waals surface area contributed by atoms with Crippen molar-refractivity contribution in [3.63, 3.8) is 0 Å². The lowest BCUT2D eigenvalue weighted by Crippen LogP contribution is -2.30. The van der Waals surface area contributed by atoms with Gasteiger partial charge < -0.3 is 9.47 Å². The molecule has 2 aliphatic rings. The lowest BCUT2D eigenvalue weighted by atomic mass is 9.85. The summed E-state index contributed by atoms with van der Waals surface area (Å²) in [5.74, 6) is -0.130. The van der Waals surface area contributed by atoms with Gasteiger partial charge in [-0.3, -0.25) is 0 Å². The topological polar surface area (TPSA) is 21.5 Å². The van der Waals surface area contributed by atoms with E-state index in [1.54, 1.807) is 6.07 Å². The van der Waals surface area contributed by atoms with Crippen molar-refractivity contribution < 1.29 is 22.8 Å². The van der Waals surface area contributed by atoms with E-state index in [1.807, 2.05) is 6.07 Å². The maximum atomic E-state index is 13.9. The summed E-state index contributed by atoms with van der Waals surface area (Å²) in [5.41, 5.74) is 6.49. The average molecular weight is 435 g/mol. The molecular weight excluding hydrogens is 408 g/mol. The molecule has 0 fully saturated rings. The van der Waals surface area contributed by atoms with Gasteiger partial charge >= 0.3 is 0 Å². The number of ether oxygens (including phenoxy) is 2. The molecule has 3 aromatic rings. The van der Waals surface area contributed by atoms with Crippen molar-refractivity contribution in [3.05, 3.63) is 94.0 Å². The third-order valence-corrected chi connectivity index (χ3v) is 6.20. The Balaban J connectivity index is 1.64. The Morgan fingerprint density at radius 1 is 0.875 bits per heavy atom. The van der Waals surface area contributed by atoms with Crippen LogP contribution in [0.3, 0.4) is 0 Å². The normalized spacial score (nSPS) is 15.2. The Labute approximate surface area is 186 Å². The third kappa shape index (κ3) is 3.77. The predicted octanol–water partition coefficient (Wildman–Crippen LogP) is 5.60. The summed E-state index contributed by atoms with van der Waals surface area (Å²) in [4.78, 5) is 0. The molecule has 2 heterocycles. The van der Waals surface area contributed by atoms with E-state index in [-0.39, 0.29) is 12.2 Å². The van der Waals surface area contributed by atoms with Crippen LogP contribution in [-0.2, 0) is 18.4 Å². The standard InChI is InChI=1S/C27H26F2NO2/c1-27(2,3)20-7-5-18(6-8-20)26-21-14-25-24(31-16-32-25)13-19(21)10-11-30(26)15-17-4-9-22(28)23(29)12-17/h4-9,12-14H,10-11,15-16H2,1-3H3/q+1. The Bertz CT molecular complexity index is 1220. The minimum Gasteiger partial charge on any atom is -0.454 e. The fourth-order valence-electron chi connectivity index (χ4n) is 4.43. The van der Waals surface area contributed by atoms with Gasteiger partial charge in [0.25, 0.3) is 0 Å². The van der Waals surface area contributed by atoms with Gasteiger partial charge in [0.15, 0.2) is 29.7 Å². The second-order valence-electron chi connectivity index (χ2n) is 9.46. The smallest absolute Gasteiger partial charge is 0.231 e. The maximum absolute atomic E-state index is 13.9. The Hall–Kier alpha value is -3.21. The molecule has 32 heavy (non-hydrogen) atoms. The second kappa shape index (κ2) is 7.73. The van der Waals surface area contributed by atoms with E-state index in [0.717, 1.165) is 46.9 Å². The zero-order valence-corrected chi connectivity index (χ0v) is 18.5. The van der Waals surface area contributed by atoms with Crippen molar-refractivity contribution in [3.8, 4) is 11.5 Å². The highest BCUT2D eigenvalue weighted by Crippen LogP contribution is 2.37. The fourth-order valence-corrected chi connectivity index (χ4v) is 4.43. The van der Waals surface area contributed by atoms with E-state index in [1.165, 1.54) is 23.3 Å². The highest BCUT2D eigenvalue weighted by Gasteiger charge is 2.31. The number of hydrogen-bond acceptors (Lipinski definition) is 2. The van der Waals surface area contributed by atoms with Gasteiger partial charge in [0.1, 0.15) is 6.54 Å². The van der Waals surface area contributed by atoms with Crippen LogP contribution in [0.25, 0.3) is 0 Å². The molecular formula is C27H26F2NO2+. The first-order valence-electron chi connectivity index (χ1n) is 10.9. The van der Waals surface area contributed by atoms with E-state index < -0.39 is 11.6 Å². The molecule has 0 radical (unpaired) electrons. The molecule has 0 saturated carbocycles. The van der Waals surface area contributed by atoms with E-state index in [2.05, 4.69) is 55.7 Å². The number of hydrogen-bond donors (Lipinski definition) is 0. The summed E-state index contributed by atoms with van der Waals surface area (Å²) < 4.78 is 40.8. The van der Waals surface area contributed by atoms with Crippen molar-refractivity contribution in [2.75, 3.05) is 13.3 Å². The molecule has 2 aliphatic heterocycles. The zero-order valence-electron chi connectivity index (χ0n) is 18.5. The highest BCUT2D eigenvalue weighted by molar-refractivity contribution is 6.11. The lowest BCUT2D eigenvalue weighted by molar-refractivity contribution is -0.544. The summed E-state index contributed by atoms with van der Waals surface area (Å²) in [7, 11) is 0. The van der Waals surface area contributed by atoms with Crippen LogP contribution >= 0.6 is 0 Å². The highest BCUT2D eigenvalue weighted by atomic mass is 19.2. The minimum atomic E-state index is -0.826. The number of halogens is 2. The first kappa shape index (κ1) is 20.7. The number of fused-ring (bicyclic) bond motifs is 2. The van der Waals surface area contributed by atoms with Gasteiger partial charge in [-0.25, -0.2) is 13.4 Å². The Morgan fingerprint density at radius 2 is 1.59 bits per heavy atom. The molecule has 3 aromatic carbocycles. The average Bonchev–Trinajstić information content (AvgIpc) is 3.21. The largest absolute Gasteiger partial charge is 0.454 e. The molecule has 0 aromatic heterocycles. The summed E-state index contributed by atoms with van der Waals surface area (Å²) in [6.45, 7) is 8.07. The van der Waals surface area contributed by atoms with E-state index >= 15 is 0 Å². The minimum absolute atomic E-state index is 0.0605. The lowest BCUT2D eigenvalue weighted by Gasteiger charge is -2.22. The van der Waals surface area contributed by atoms with E-state index in [4.69, 9.17) is 9.47 Å². The van der Waals surface area contributed by atoms with Crippen molar-refractivity contribution in [1.82, 2.24) is 0 Å². The van der Waals surface area contributed by atoms with Crippen LogP contribution < -0.4 is 9.47 Å². The quantitative estimate of drug-likeness (QED) is 0.501. The Kier molecular flexibility index (Phi) is 5.00. The van der Waals surface area contributed by atoms with Crippen molar-refractivity contribution >= 4 is 5.71 Å². The van der Waals surface area contributed by atoms with Gasteiger partial charge in [0, 0.05) is 17.5 Å². The van der Waals surface area contributed by atoms with Gasteiger partial charge in [-0.1, -0.05) is 32.9 Å². The van der Waals surface area contributed by atoms with Crippen LogP contribution in [0.15, 0.2) is 54.6 Å². The molecule has 164 valence electrons. The van der Waals surface area contributed by atoms with Crippen LogP contribution in [0.5, 0.6) is 11.5 Å². The van der Waals surface area contributed by atoms with Crippen LogP contribution in [0, 0.1) is 11.6 Å². The van der Waals surface area contributed by atoms with E-state index in [0.29, 0.717) is 6.54 Å². The van der Waals surface area contributed by atoms with Gasteiger partial charge in [0.2, 0.25) is 12.5 Å². The van der Waals surface area contributed by atoms with Gasteiger partial charge in [-0.05, 0) is 59.0 Å². The Morgan fingerprint density at radius 3 is 2.28 bits per heavy atom. The van der Waals surface area contributed by atoms with Crippen molar-refractivity contribution in [2.24, 2.45) is 0 Å². The number of benzene rings is 3. The van der Waals surface area contributed by atoms with Crippen molar-refractivity contribution in [2.45, 2.75) is 39.2 Å². The summed E-state index contributed by atoms with van der Waals surface area (Å²) in [5, 5.41) is 0. The summed E-state index contributed by atoms with van der Waals surface area (Å²) in [6.07, 6.45) is 0.833. The molecule has 0 amide bonds. The maximum Gasteiger partial charge on any atom is 0.231 e. The third-order valence-electron chi connectivity index (χ3n) is 6.20. The number of rotatable bonds is 3. The monoisotopic (exact) mass is 434 g/mol. The molecule has 0 bridgehead atoms. The zero-order chi connectivity index (χ0) is 22.5. The van der Waals surface area contributed by atoms with Crippen LogP contribution in [0.1, 0.15) is 48.6 Å². The molecule has 5 heteroatoms. The van der Waals surface area contributed by atoms with E-state index in [9.17, 15) is 8.78 Å². The summed E-state index contributed by atoms with van der Waals surface area (Å²) >= 11 is 0. The van der Waals surface area contributed by atoms with Gasteiger partial charge in [0.05, 0.1) is 5.56 Å². The molecule has 3 nitrogen and oxygen atoms in total. The predicted molar refractivity (Wildman–Crippen MR) is 120 cm³/mol. The van der Waals surface area contributed by atoms with Gasteiger partial charge in [-0.2, -0.15) is 0 Å². The molecule has 0 saturated heterocycles. The van der Waals surface area contributed by atoms with Gasteiger partial charge in [-0.15, -0.1) is 0 Å². The second-order valence-corrected chi connectivity index (χ2v) is 9.46. The first-order valence-corrected chi connectivity index (χ1v) is 10.9. The summed E-state index contributed by atoms with van der Waals surface area (Å²) in [6, 6.07) is 16.9. The molecule has 0 N–H and O–H groups in total. The van der Waals surface area contributed by atoms with Crippen molar-refractivity contribution in [1.29, 1.82) is 0 Å². The molecule has 0 unspecified atom stereocenters.